The van der Waals surface area contributed by atoms with Crippen LogP contribution in [0.5, 0.6) is 0 Å². The number of rotatable bonds is 4. The third-order valence-electron chi connectivity index (χ3n) is 11.6. The van der Waals surface area contributed by atoms with Crippen LogP contribution in [0.2, 0.25) is 0 Å². The number of fused-ring (bicyclic) bond motifs is 9. The van der Waals surface area contributed by atoms with E-state index in [9.17, 15) is 0 Å². The van der Waals surface area contributed by atoms with Gasteiger partial charge in [-0.3, -0.25) is 0 Å². The van der Waals surface area contributed by atoms with E-state index in [2.05, 4.69) is 188 Å². The molecular formula is C53H31N3. The van der Waals surface area contributed by atoms with Crippen molar-refractivity contribution in [1.82, 2.24) is 15.0 Å². The number of hydrogen-bond acceptors (Lipinski definition) is 3. The Morgan fingerprint density at radius 3 is 1.43 bits per heavy atom. The Hall–Kier alpha value is -7.49. The second kappa shape index (κ2) is 12.0. The van der Waals surface area contributed by atoms with Crippen molar-refractivity contribution in [2.45, 2.75) is 0 Å². The van der Waals surface area contributed by atoms with Crippen LogP contribution < -0.4 is 0 Å². The summed E-state index contributed by atoms with van der Waals surface area (Å²) in [6.45, 7) is 0. The Balaban J connectivity index is 0.892. The Morgan fingerprint density at radius 1 is 0.250 bits per heavy atom. The van der Waals surface area contributed by atoms with Crippen LogP contribution in [0.15, 0.2) is 188 Å². The second-order valence-corrected chi connectivity index (χ2v) is 14.8. The molecule has 0 spiro atoms. The van der Waals surface area contributed by atoms with E-state index >= 15 is 0 Å². The first-order valence-corrected chi connectivity index (χ1v) is 19.1. The SMILES string of the molecule is c1cc(-c2ccc3c(c2)-c2cccc4cccc-3c24)cc(-c2ccc3ccc4ccc(-c5ccc(-c6ccc7ccc8ccccc8c7n6)cc5)nc4c3n2)c1. The van der Waals surface area contributed by atoms with Crippen molar-refractivity contribution in [3.05, 3.63) is 188 Å². The molecule has 258 valence electrons. The van der Waals surface area contributed by atoms with Gasteiger partial charge in [-0.05, 0) is 79.9 Å². The zero-order valence-corrected chi connectivity index (χ0v) is 30.2. The maximum atomic E-state index is 5.28. The Bertz CT molecular complexity index is 3410. The van der Waals surface area contributed by atoms with Gasteiger partial charge in [-0.25, -0.2) is 15.0 Å². The van der Waals surface area contributed by atoms with Crippen molar-refractivity contribution in [1.29, 1.82) is 0 Å². The van der Waals surface area contributed by atoms with Crippen LogP contribution in [0.4, 0.5) is 0 Å². The van der Waals surface area contributed by atoms with Gasteiger partial charge in [-0.2, -0.15) is 0 Å². The molecule has 0 aliphatic heterocycles. The summed E-state index contributed by atoms with van der Waals surface area (Å²) in [7, 11) is 0. The van der Waals surface area contributed by atoms with E-state index in [4.69, 9.17) is 15.0 Å². The number of pyridine rings is 3. The van der Waals surface area contributed by atoms with Gasteiger partial charge < -0.3 is 0 Å². The maximum absolute atomic E-state index is 5.28. The van der Waals surface area contributed by atoms with Gasteiger partial charge in [0.25, 0.3) is 0 Å². The fraction of sp³-hybridized carbons (Fsp3) is 0. The summed E-state index contributed by atoms with van der Waals surface area (Å²) < 4.78 is 0. The third-order valence-corrected chi connectivity index (χ3v) is 11.6. The van der Waals surface area contributed by atoms with E-state index in [1.165, 1.54) is 54.9 Å². The van der Waals surface area contributed by atoms with E-state index in [1.54, 1.807) is 0 Å². The van der Waals surface area contributed by atoms with Gasteiger partial charge >= 0.3 is 0 Å². The molecule has 0 saturated carbocycles. The minimum Gasteiger partial charge on any atom is -0.247 e. The monoisotopic (exact) mass is 709 g/mol. The normalized spacial score (nSPS) is 11.9. The van der Waals surface area contributed by atoms with Crippen molar-refractivity contribution >= 4 is 54.3 Å². The van der Waals surface area contributed by atoms with Gasteiger partial charge in [0.1, 0.15) is 0 Å². The van der Waals surface area contributed by atoms with Crippen LogP contribution in [0.25, 0.3) is 121 Å². The zero-order valence-electron chi connectivity index (χ0n) is 30.2. The molecule has 3 nitrogen and oxygen atoms in total. The number of nitrogens with zero attached hydrogens (tertiary/aromatic N) is 3. The molecule has 3 heteroatoms. The average molecular weight is 710 g/mol. The minimum atomic E-state index is 0.900. The predicted octanol–water partition coefficient (Wildman–Crippen LogP) is 14.0. The largest absolute Gasteiger partial charge is 0.247 e. The summed E-state index contributed by atoms with van der Waals surface area (Å²) >= 11 is 0. The van der Waals surface area contributed by atoms with Gasteiger partial charge in [0.2, 0.25) is 0 Å². The fourth-order valence-corrected chi connectivity index (χ4v) is 8.75. The molecule has 0 N–H and O–H groups in total. The predicted molar refractivity (Wildman–Crippen MR) is 234 cm³/mol. The first kappa shape index (κ1) is 30.9. The lowest BCUT2D eigenvalue weighted by Crippen LogP contribution is -1.92. The molecule has 3 aromatic heterocycles. The maximum Gasteiger partial charge on any atom is 0.0972 e. The van der Waals surface area contributed by atoms with Crippen molar-refractivity contribution in [2.75, 3.05) is 0 Å². The third kappa shape index (κ3) is 4.81. The minimum absolute atomic E-state index is 0.900. The molecule has 56 heavy (non-hydrogen) atoms. The van der Waals surface area contributed by atoms with E-state index in [-0.39, 0.29) is 0 Å². The average Bonchev–Trinajstić information content (AvgIpc) is 3.60. The highest BCUT2D eigenvalue weighted by Gasteiger charge is 2.21. The summed E-state index contributed by atoms with van der Waals surface area (Å²) in [6, 6.07) is 67.3. The quantitative estimate of drug-likeness (QED) is 0.171. The van der Waals surface area contributed by atoms with Crippen LogP contribution in [-0.2, 0) is 0 Å². The van der Waals surface area contributed by atoms with Crippen LogP contribution in [0.1, 0.15) is 0 Å². The molecule has 0 atom stereocenters. The fourth-order valence-electron chi connectivity index (χ4n) is 8.75. The summed E-state index contributed by atoms with van der Waals surface area (Å²) in [6.07, 6.45) is 0. The molecule has 0 unspecified atom stereocenters. The molecule has 12 rings (SSSR count). The van der Waals surface area contributed by atoms with E-state index in [0.29, 0.717) is 0 Å². The summed E-state index contributed by atoms with van der Waals surface area (Å²) in [4.78, 5) is 15.6. The zero-order chi connectivity index (χ0) is 36.7. The first-order valence-electron chi connectivity index (χ1n) is 19.1. The van der Waals surface area contributed by atoms with E-state index < -0.39 is 0 Å². The van der Waals surface area contributed by atoms with Gasteiger partial charge in [-0.15, -0.1) is 0 Å². The van der Waals surface area contributed by atoms with Crippen molar-refractivity contribution in [3.8, 4) is 67.2 Å². The molecular weight excluding hydrogens is 679 g/mol. The molecule has 0 saturated heterocycles. The highest BCUT2D eigenvalue weighted by Crippen LogP contribution is 2.48. The van der Waals surface area contributed by atoms with Gasteiger partial charge in [0.05, 0.1) is 33.6 Å². The van der Waals surface area contributed by atoms with Gasteiger partial charge in [0, 0.05) is 38.2 Å². The molecule has 0 bridgehead atoms. The molecule has 1 aliphatic carbocycles. The number of benzene rings is 8. The van der Waals surface area contributed by atoms with E-state index in [0.717, 1.165) is 66.5 Å². The lowest BCUT2D eigenvalue weighted by atomic mass is 9.96. The molecule has 8 aromatic carbocycles. The summed E-state index contributed by atoms with van der Waals surface area (Å²) in [5.74, 6) is 0. The first-order chi connectivity index (χ1) is 27.7. The van der Waals surface area contributed by atoms with Gasteiger partial charge in [-0.1, -0.05) is 158 Å². The Morgan fingerprint density at radius 2 is 0.732 bits per heavy atom. The smallest absolute Gasteiger partial charge is 0.0972 e. The number of hydrogen-bond donors (Lipinski definition) is 0. The lowest BCUT2D eigenvalue weighted by molar-refractivity contribution is 1.36. The van der Waals surface area contributed by atoms with Crippen LogP contribution in [0.3, 0.4) is 0 Å². The van der Waals surface area contributed by atoms with Crippen molar-refractivity contribution in [2.24, 2.45) is 0 Å². The lowest BCUT2D eigenvalue weighted by Gasteiger charge is -2.11. The van der Waals surface area contributed by atoms with Crippen molar-refractivity contribution < 1.29 is 0 Å². The van der Waals surface area contributed by atoms with Crippen LogP contribution >= 0.6 is 0 Å². The summed E-state index contributed by atoms with van der Waals surface area (Å²) in [5, 5.41) is 8.29. The Labute approximate surface area is 323 Å². The van der Waals surface area contributed by atoms with E-state index in [1.807, 2.05) is 0 Å². The van der Waals surface area contributed by atoms with Crippen LogP contribution in [0, 0.1) is 0 Å². The number of aromatic nitrogens is 3. The molecule has 0 fully saturated rings. The van der Waals surface area contributed by atoms with Gasteiger partial charge in [0.15, 0.2) is 0 Å². The summed E-state index contributed by atoms with van der Waals surface area (Å²) in [5.41, 5.74) is 16.4. The molecule has 11 aromatic rings. The van der Waals surface area contributed by atoms with Crippen LogP contribution in [-0.4, -0.2) is 15.0 Å². The second-order valence-electron chi connectivity index (χ2n) is 14.8. The highest BCUT2D eigenvalue weighted by atomic mass is 14.8. The molecule has 0 amide bonds. The topological polar surface area (TPSA) is 38.7 Å². The molecule has 3 heterocycles. The Kier molecular flexibility index (Phi) is 6.63. The highest BCUT2D eigenvalue weighted by molar-refractivity contribution is 6.15. The molecule has 0 radical (unpaired) electrons. The standard InChI is InChI=1S/C53H31N3/c1-2-11-42-32(6-1)14-19-36-23-27-47(54-51(36)42)33-15-17-34(18-16-33)48-28-24-37-20-21-38-25-29-49(56-53(38)52(37)55-48)41-10-3-9-39(30-41)40-22-26-43-44-12-4-7-35-8-5-13-45(50(35)44)46(43)31-40/h1-31H. The van der Waals surface area contributed by atoms with Crippen molar-refractivity contribution in [3.63, 3.8) is 0 Å². The molecule has 1 aliphatic rings.